The molecule has 3 rings (SSSR count). The van der Waals surface area contributed by atoms with Gasteiger partial charge in [0.05, 0.1) is 6.33 Å². The topological polar surface area (TPSA) is 75.9 Å². The van der Waals surface area contributed by atoms with E-state index in [0.717, 1.165) is 34.5 Å². The highest BCUT2D eigenvalue weighted by atomic mass is 32.1. The molecule has 0 unspecified atom stereocenters. The smallest absolute Gasteiger partial charge is 0.166 e. The van der Waals surface area contributed by atoms with E-state index < -0.39 is 0 Å². The largest absolute Gasteiger partial charge is 0.508 e. The average Bonchev–Trinajstić information content (AvgIpc) is 3.35. The predicted octanol–water partition coefficient (Wildman–Crippen LogP) is 5.51. The third kappa shape index (κ3) is 4.48. The number of hydrogen-bond donors (Lipinski definition) is 2. The highest BCUT2D eigenvalue weighted by Gasteiger charge is 2.15. The van der Waals surface area contributed by atoms with Gasteiger partial charge < -0.3 is 15.0 Å². The van der Waals surface area contributed by atoms with E-state index in [1.165, 1.54) is 6.08 Å². The molecule has 6 nitrogen and oxygen atoms in total. The summed E-state index contributed by atoms with van der Waals surface area (Å²) in [7, 11) is 0. The van der Waals surface area contributed by atoms with Crippen LogP contribution in [0.3, 0.4) is 0 Å². The Labute approximate surface area is 169 Å². The van der Waals surface area contributed by atoms with Crippen LogP contribution in [0.2, 0.25) is 0 Å². The molecule has 0 aromatic carbocycles. The van der Waals surface area contributed by atoms with E-state index in [1.54, 1.807) is 17.4 Å². The first kappa shape index (κ1) is 19.8. The molecule has 0 aliphatic heterocycles. The monoisotopic (exact) mass is 395 g/mol. The molecule has 146 valence electrons. The second kappa shape index (κ2) is 8.84. The van der Waals surface area contributed by atoms with E-state index in [0.29, 0.717) is 12.4 Å². The van der Waals surface area contributed by atoms with Crippen molar-refractivity contribution in [1.29, 1.82) is 0 Å². The number of nitrogens with zero attached hydrogens (tertiary/aromatic N) is 4. The first-order valence-electron chi connectivity index (χ1n) is 9.19. The van der Waals surface area contributed by atoms with Crippen LogP contribution in [0, 0.1) is 0 Å². The van der Waals surface area contributed by atoms with Gasteiger partial charge in [0.2, 0.25) is 0 Å². The SMILES string of the molecule is C=C/C(O)=C\C=C(/C)CCNc1nc(-c2ccsc2)nc2c1ncn2C(C)C. The van der Waals surface area contributed by atoms with Crippen LogP contribution in [0.15, 0.2) is 59.3 Å². The summed E-state index contributed by atoms with van der Waals surface area (Å²) in [5.74, 6) is 1.59. The summed E-state index contributed by atoms with van der Waals surface area (Å²) < 4.78 is 2.06. The van der Waals surface area contributed by atoms with Gasteiger partial charge in [-0.2, -0.15) is 11.3 Å². The Morgan fingerprint density at radius 3 is 2.86 bits per heavy atom. The molecule has 0 bridgehead atoms. The second-order valence-corrected chi connectivity index (χ2v) is 7.59. The number of anilines is 1. The summed E-state index contributed by atoms with van der Waals surface area (Å²) in [5, 5.41) is 16.9. The van der Waals surface area contributed by atoms with E-state index in [9.17, 15) is 5.11 Å². The summed E-state index contributed by atoms with van der Waals surface area (Å²) in [5.41, 5.74) is 3.75. The molecule has 3 aromatic heterocycles. The number of aliphatic hydroxyl groups excluding tert-OH is 1. The molecule has 28 heavy (non-hydrogen) atoms. The van der Waals surface area contributed by atoms with Crippen molar-refractivity contribution in [2.45, 2.75) is 33.2 Å². The van der Waals surface area contributed by atoms with Crippen molar-refractivity contribution in [3.63, 3.8) is 0 Å². The lowest BCUT2D eigenvalue weighted by Gasteiger charge is -2.11. The fourth-order valence-electron chi connectivity index (χ4n) is 2.70. The Morgan fingerprint density at radius 2 is 2.18 bits per heavy atom. The van der Waals surface area contributed by atoms with Crippen LogP contribution >= 0.6 is 11.3 Å². The lowest BCUT2D eigenvalue weighted by Crippen LogP contribution is -2.07. The summed E-state index contributed by atoms with van der Waals surface area (Å²) in [6.07, 6.45) is 7.57. The summed E-state index contributed by atoms with van der Waals surface area (Å²) >= 11 is 1.63. The normalized spacial score (nSPS) is 12.7. The van der Waals surface area contributed by atoms with Gasteiger partial charge in [-0.25, -0.2) is 15.0 Å². The Hall–Kier alpha value is -2.93. The number of aliphatic hydroxyl groups is 1. The maximum Gasteiger partial charge on any atom is 0.166 e. The standard InChI is InChI=1S/C21H25N5OS/c1-5-17(27)7-6-15(4)8-10-22-20-18-21(26(13-23-18)14(2)3)25-19(24-20)16-9-11-28-12-16/h5-7,9,11-14,27H,1,8,10H2,2-4H3,(H,22,24,25)/b15-6+,17-7+. The van der Waals surface area contributed by atoms with Gasteiger partial charge in [0.25, 0.3) is 0 Å². The van der Waals surface area contributed by atoms with Crippen LogP contribution < -0.4 is 5.32 Å². The molecule has 0 spiro atoms. The van der Waals surface area contributed by atoms with E-state index in [4.69, 9.17) is 9.97 Å². The Balaban J connectivity index is 1.86. The molecule has 7 heteroatoms. The highest BCUT2D eigenvalue weighted by Crippen LogP contribution is 2.27. The van der Waals surface area contributed by atoms with Gasteiger partial charge in [0.15, 0.2) is 17.3 Å². The molecule has 0 atom stereocenters. The van der Waals surface area contributed by atoms with Crippen molar-refractivity contribution in [3.05, 3.63) is 59.3 Å². The number of hydrogen-bond acceptors (Lipinski definition) is 6. The third-order valence-corrected chi connectivity index (χ3v) is 5.00. The number of rotatable bonds is 8. The number of fused-ring (bicyclic) bond motifs is 1. The zero-order chi connectivity index (χ0) is 20.1. The molecule has 0 fully saturated rings. The lowest BCUT2D eigenvalue weighted by atomic mass is 10.2. The molecule has 0 aliphatic carbocycles. The maximum absolute atomic E-state index is 9.45. The number of nitrogens with one attached hydrogen (secondary N) is 1. The van der Waals surface area contributed by atoms with Crippen molar-refractivity contribution in [2.24, 2.45) is 0 Å². The predicted molar refractivity (Wildman–Crippen MR) is 117 cm³/mol. The molecule has 0 amide bonds. The number of aromatic nitrogens is 4. The van der Waals surface area contributed by atoms with E-state index in [1.807, 2.05) is 36.2 Å². The quantitative estimate of drug-likeness (QED) is 0.388. The van der Waals surface area contributed by atoms with Gasteiger partial charge in [-0.05, 0) is 50.8 Å². The third-order valence-electron chi connectivity index (χ3n) is 4.32. The lowest BCUT2D eigenvalue weighted by molar-refractivity contribution is 0.433. The zero-order valence-electron chi connectivity index (χ0n) is 16.4. The molecular weight excluding hydrogens is 370 g/mol. The number of allylic oxidation sites excluding steroid dienone is 3. The minimum Gasteiger partial charge on any atom is -0.508 e. The van der Waals surface area contributed by atoms with E-state index >= 15 is 0 Å². The minimum atomic E-state index is 0.157. The van der Waals surface area contributed by atoms with Crippen LogP contribution in [-0.4, -0.2) is 31.2 Å². The van der Waals surface area contributed by atoms with E-state index in [-0.39, 0.29) is 11.8 Å². The Bertz CT molecular complexity index is 1020. The molecule has 2 N–H and O–H groups in total. The molecule has 3 heterocycles. The summed E-state index contributed by atoms with van der Waals surface area (Å²) in [6.45, 7) is 10.5. The van der Waals surface area contributed by atoms with Gasteiger partial charge >= 0.3 is 0 Å². The van der Waals surface area contributed by atoms with Crippen LogP contribution in [0.1, 0.15) is 33.2 Å². The van der Waals surface area contributed by atoms with E-state index in [2.05, 4.69) is 35.3 Å². The molecule has 3 aromatic rings. The van der Waals surface area contributed by atoms with Crippen molar-refractivity contribution in [1.82, 2.24) is 19.5 Å². The van der Waals surface area contributed by atoms with Crippen molar-refractivity contribution < 1.29 is 5.11 Å². The van der Waals surface area contributed by atoms with Gasteiger partial charge in [0, 0.05) is 23.5 Å². The van der Waals surface area contributed by atoms with Gasteiger partial charge in [0.1, 0.15) is 11.3 Å². The number of thiophene rings is 1. The molecule has 0 radical (unpaired) electrons. The first-order chi connectivity index (χ1) is 13.5. The van der Waals surface area contributed by atoms with Crippen molar-refractivity contribution >= 4 is 28.3 Å². The Morgan fingerprint density at radius 1 is 1.36 bits per heavy atom. The van der Waals surface area contributed by atoms with Crippen molar-refractivity contribution in [2.75, 3.05) is 11.9 Å². The molecular formula is C21H25N5OS. The van der Waals surface area contributed by atoms with Crippen molar-refractivity contribution in [3.8, 4) is 11.4 Å². The molecule has 0 saturated heterocycles. The van der Waals surface area contributed by atoms with Gasteiger partial charge in [-0.15, -0.1) is 0 Å². The van der Waals surface area contributed by atoms with Crippen LogP contribution in [0.5, 0.6) is 0 Å². The molecule has 0 saturated carbocycles. The molecule has 0 aliphatic rings. The highest BCUT2D eigenvalue weighted by molar-refractivity contribution is 7.08. The maximum atomic E-state index is 9.45. The fraction of sp³-hybridized carbons (Fsp3) is 0.286. The van der Waals surface area contributed by atoms with Gasteiger partial charge in [-0.1, -0.05) is 18.2 Å². The van der Waals surface area contributed by atoms with Gasteiger partial charge in [-0.3, -0.25) is 0 Å². The van der Waals surface area contributed by atoms with Crippen LogP contribution in [-0.2, 0) is 0 Å². The average molecular weight is 396 g/mol. The second-order valence-electron chi connectivity index (χ2n) is 6.81. The summed E-state index contributed by atoms with van der Waals surface area (Å²) in [4.78, 5) is 14.0. The number of imidazole rings is 1. The van der Waals surface area contributed by atoms with Crippen LogP contribution in [0.25, 0.3) is 22.6 Å². The zero-order valence-corrected chi connectivity index (χ0v) is 17.2. The Kier molecular flexibility index (Phi) is 6.26. The minimum absolute atomic E-state index is 0.157. The van der Waals surface area contributed by atoms with Crippen LogP contribution in [0.4, 0.5) is 5.82 Å². The first-order valence-corrected chi connectivity index (χ1v) is 10.1. The fourth-order valence-corrected chi connectivity index (χ4v) is 3.33. The summed E-state index contributed by atoms with van der Waals surface area (Å²) in [6, 6.07) is 2.29.